The molecule has 17 heavy (non-hydrogen) atoms. The summed E-state index contributed by atoms with van der Waals surface area (Å²) in [6.45, 7) is 4.65. The monoisotopic (exact) mass is 233 g/mol. The molecule has 1 aromatic carbocycles. The van der Waals surface area contributed by atoms with E-state index in [1.807, 2.05) is 18.2 Å². The largest absolute Gasteiger partial charge is 0.489 e. The van der Waals surface area contributed by atoms with Crippen LogP contribution in [0, 0.1) is 6.61 Å². The van der Waals surface area contributed by atoms with Crippen LogP contribution in [0.25, 0.3) is 0 Å². The Labute approximate surface area is 99.3 Å². The number of benzene rings is 1. The zero-order valence-electron chi connectivity index (χ0n) is 9.47. The SMILES string of the molecule is CC1COc2cc(N3C[CH]OC3=O)ccc2N1. The van der Waals surface area contributed by atoms with Gasteiger partial charge in [-0.05, 0) is 19.1 Å². The van der Waals surface area contributed by atoms with E-state index in [-0.39, 0.29) is 6.09 Å². The summed E-state index contributed by atoms with van der Waals surface area (Å²) < 4.78 is 10.4. The minimum Gasteiger partial charge on any atom is -0.489 e. The smallest absolute Gasteiger partial charge is 0.414 e. The van der Waals surface area contributed by atoms with Crippen molar-refractivity contribution in [2.24, 2.45) is 0 Å². The van der Waals surface area contributed by atoms with Gasteiger partial charge in [-0.2, -0.15) is 0 Å². The minimum atomic E-state index is -0.345. The van der Waals surface area contributed by atoms with Gasteiger partial charge in [-0.15, -0.1) is 0 Å². The lowest BCUT2D eigenvalue weighted by Crippen LogP contribution is -2.29. The van der Waals surface area contributed by atoms with Crippen LogP contribution in [0.1, 0.15) is 6.92 Å². The molecule has 2 aliphatic heterocycles. The number of hydrogen-bond acceptors (Lipinski definition) is 4. The number of nitrogens with zero attached hydrogens (tertiary/aromatic N) is 1. The number of cyclic esters (lactones) is 1. The summed E-state index contributed by atoms with van der Waals surface area (Å²) in [5, 5.41) is 3.32. The van der Waals surface area contributed by atoms with Gasteiger partial charge in [-0.25, -0.2) is 4.79 Å². The van der Waals surface area contributed by atoms with Crippen LogP contribution < -0.4 is 15.0 Å². The molecule has 0 aliphatic carbocycles. The van der Waals surface area contributed by atoms with Crippen molar-refractivity contribution in [2.45, 2.75) is 13.0 Å². The Morgan fingerprint density at radius 2 is 2.35 bits per heavy atom. The summed E-state index contributed by atoms with van der Waals surface area (Å²) in [5.41, 5.74) is 1.75. The number of anilines is 2. The third kappa shape index (κ3) is 1.77. The van der Waals surface area contributed by atoms with Crippen LogP contribution in [-0.4, -0.2) is 25.3 Å². The molecule has 1 saturated heterocycles. The summed E-state index contributed by atoms with van der Waals surface area (Å²) in [5.74, 6) is 0.778. The van der Waals surface area contributed by atoms with Crippen molar-refractivity contribution < 1.29 is 14.3 Å². The lowest BCUT2D eigenvalue weighted by molar-refractivity contribution is 0.196. The maximum atomic E-state index is 11.4. The van der Waals surface area contributed by atoms with E-state index in [2.05, 4.69) is 12.2 Å². The molecule has 89 valence electrons. The Morgan fingerprint density at radius 3 is 3.12 bits per heavy atom. The van der Waals surface area contributed by atoms with Crippen LogP contribution >= 0.6 is 0 Å². The number of carbonyl (C=O) groups excluding carboxylic acids is 1. The first kappa shape index (κ1) is 10.3. The van der Waals surface area contributed by atoms with Crippen molar-refractivity contribution in [3.05, 3.63) is 24.8 Å². The fraction of sp³-hybridized carbons (Fsp3) is 0.333. The standard InChI is InChI=1S/C12H13N2O3/c1-8-7-17-11-6-9(2-3-10(11)13-8)14-4-5-16-12(14)15/h2-3,5-6,8,13H,4,7H2,1H3. The van der Waals surface area contributed by atoms with Gasteiger partial charge in [0.1, 0.15) is 12.4 Å². The van der Waals surface area contributed by atoms with Crippen molar-refractivity contribution in [3.63, 3.8) is 0 Å². The third-order valence-electron chi connectivity index (χ3n) is 2.83. The third-order valence-corrected chi connectivity index (χ3v) is 2.83. The molecule has 1 unspecified atom stereocenters. The number of hydrogen-bond donors (Lipinski definition) is 1. The molecule has 0 aromatic heterocycles. The average molecular weight is 233 g/mol. The molecule has 1 fully saturated rings. The van der Waals surface area contributed by atoms with Crippen molar-refractivity contribution in [2.75, 3.05) is 23.4 Å². The second-order valence-corrected chi connectivity index (χ2v) is 4.20. The van der Waals surface area contributed by atoms with Crippen LogP contribution in [0.15, 0.2) is 18.2 Å². The number of ether oxygens (including phenoxy) is 2. The van der Waals surface area contributed by atoms with E-state index in [9.17, 15) is 4.79 Å². The Balaban J connectivity index is 1.90. The molecule has 0 saturated carbocycles. The van der Waals surface area contributed by atoms with Gasteiger partial charge in [0.05, 0.1) is 24.0 Å². The normalized spacial score (nSPS) is 22.5. The summed E-state index contributed by atoms with van der Waals surface area (Å²) in [6, 6.07) is 5.97. The van der Waals surface area contributed by atoms with Crippen molar-refractivity contribution >= 4 is 17.5 Å². The van der Waals surface area contributed by atoms with Crippen molar-refractivity contribution in [3.8, 4) is 5.75 Å². The van der Waals surface area contributed by atoms with Crippen LogP contribution in [0.3, 0.4) is 0 Å². The Bertz CT molecular complexity index is 461. The summed E-state index contributed by atoms with van der Waals surface area (Å²) in [4.78, 5) is 13.0. The Hall–Kier alpha value is -1.91. The molecule has 5 heteroatoms. The van der Waals surface area contributed by atoms with E-state index in [4.69, 9.17) is 9.47 Å². The first-order valence-electron chi connectivity index (χ1n) is 5.57. The highest BCUT2D eigenvalue weighted by Crippen LogP contribution is 2.34. The van der Waals surface area contributed by atoms with Gasteiger partial charge < -0.3 is 14.8 Å². The molecule has 0 spiro atoms. The maximum absolute atomic E-state index is 11.4. The predicted molar refractivity (Wildman–Crippen MR) is 63.1 cm³/mol. The van der Waals surface area contributed by atoms with E-state index in [1.165, 1.54) is 6.61 Å². The van der Waals surface area contributed by atoms with Crippen LogP contribution in [0.5, 0.6) is 5.75 Å². The highest BCUT2D eigenvalue weighted by molar-refractivity contribution is 5.90. The van der Waals surface area contributed by atoms with Gasteiger partial charge in [0.2, 0.25) is 0 Å². The van der Waals surface area contributed by atoms with Crippen LogP contribution in [0.4, 0.5) is 16.2 Å². The molecule has 1 radical (unpaired) electrons. The summed E-state index contributed by atoms with van der Waals surface area (Å²) in [7, 11) is 0. The molecule has 2 aliphatic rings. The molecule has 2 heterocycles. The van der Waals surface area contributed by atoms with E-state index >= 15 is 0 Å². The second-order valence-electron chi connectivity index (χ2n) is 4.20. The quantitative estimate of drug-likeness (QED) is 0.806. The van der Waals surface area contributed by atoms with Gasteiger partial charge in [0.15, 0.2) is 6.61 Å². The van der Waals surface area contributed by atoms with Gasteiger partial charge in [-0.3, -0.25) is 4.90 Å². The predicted octanol–water partition coefficient (Wildman–Crippen LogP) is 2.00. The zero-order chi connectivity index (χ0) is 11.8. The molecule has 1 atom stereocenters. The lowest BCUT2D eigenvalue weighted by Gasteiger charge is -2.26. The maximum Gasteiger partial charge on any atom is 0.414 e. The summed E-state index contributed by atoms with van der Waals surface area (Å²) >= 11 is 0. The van der Waals surface area contributed by atoms with Gasteiger partial charge in [-0.1, -0.05) is 0 Å². The van der Waals surface area contributed by atoms with Gasteiger partial charge in [0, 0.05) is 6.07 Å². The summed E-state index contributed by atoms with van der Waals surface area (Å²) in [6.07, 6.45) is -0.345. The van der Waals surface area contributed by atoms with E-state index in [0.717, 1.165) is 17.1 Å². The molecular formula is C12H13N2O3. The van der Waals surface area contributed by atoms with E-state index < -0.39 is 0 Å². The van der Waals surface area contributed by atoms with E-state index in [0.29, 0.717) is 19.2 Å². The average Bonchev–Trinajstić information content (AvgIpc) is 2.75. The van der Waals surface area contributed by atoms with Crippen molar-refractivity contribution in [1.29, 1.82) is 0 Å². The molecule has 3 rings (SSSR count). The fourth-order valence-electron chi connectivity index (χ4n) is 1.97. The second kappa shape index (κ2) is 3.84. The van der Waals surface area contributed by atoms with Crippen LogP contribution in [0.2, 0.25) is 0 Å². The fourth-order valence-corrected chi connectivity index (χ4v) is 1.97. The minimum absolute atomic E-state index is 0.304. The molecule has 5 nitrogen and oxygen atoms in total. The van der Waals surface area contributed by atoms with Gasteiger partial charge in [0.25, 0.3) is 0 Å². The Morgan fingerprint density at radius 1 is 1.47 bits per heavy atom. The zero-order valence-corrected chi connectivity index (χ0v) is 9.47. The number of nitrogens with one attached hydrogen (secondary N) is 1. The first-order valence-corrected chi connectivity index (χ1v) is 5.57. The van der Waals surface area contributed by atoms with Gasteiger partial charge >= 0.3 is 6.09 Å². The molecule has 1 amide bonds. The number of amides is 1. The topological polar surface area (TPSA) is 50.8 Å². The number of fused-ring (bicyclic) bond motifs is 1. The van der Waals surface area contributed by atoms with E-state index in [1.54, 1.807) is 4.90 Å². The Kier molecular flexibility index (Phi) is 2.31. The molecule has 0 bridgehead atoms. The highest BCUT2D eigenvalue weighted by Gasteiger charge is 2.25. The highest BCUT2D eigenvalue weighted by atomic mass is 16.6. The number of carbonyl (C=O) groups is 1. The molecule has 1 N–H and O–H groups in total. The van der Waals surface area contributed by atoms with Crippen LogP contribution in [-0.2, 0) is 4.74 Å². The lowest BCUT2D eigenvalue weighted by atomic mass is 10.2. The first-order chi connectivity index (χ1) is 8.24. The molecule has 1 aromatic rings. The van der Waals surface area contributed by atoms with Crippen molar-refractivity contribution in [1.82, 2.24) is 0 Å². The number of rotatable bonds is 1. The molecular weight excluding hydrogens is 220 g/mol.